The number of nitroso groups, excluding NO2 is 1. The molecule has 0 aromatic rings. The summed E-state index contributed by atoms with van der Waals surface area (Å²) in [6.07, 6.45) is 22.5. The van der Waals surface area contributed by atoms with Crippen LogP contribution in [0.3, 0.4) is 0 Å². The Morgan fingerprint density at radius 2 is 1.21 bits per heavy atom. The second-order valence-electron chi connectivity index (χ2n) is 8.92. The predicted octanol–water partition coefficient (Wildman–Crippen LogP) is 7.51. The molecule has 2 saturated carbocycles. The molecule has 0 saturated heterocycles. The zero-order valence-corrected chi connectivity index (χ0v) is 16.2. The number of hydrogen-bond donors (Lipinski definition) is 0. The quantitative estimate of drug-likeness (QED) is 0.491. The van der Waals surface area contributed by atoms with Crippen LogP contribution >= 0.6 is 0 Å². The second-order valence-corrected chi connectivity index (χ2v) is 8.92. The molecule has 0 aliphatic heterocycles. The molecule has 24 heavy (non-hydrogen) atoms. The first-order valence-electron chi connectivity index (χ1n) is 11.1. The summed E-state index contributed by atoms with van der Waals surface area (Å²) in [4.78, 5) is 10.4. The van der Waals surface area contributed by atoms with Crippen molar-refractivity contribution >= 4 is 0 Å². The second kappa shape index (κ2) is 12.0. The fourth-order valence-electron chi connectivity index (χ4n) is 5.30. The van der Waals surface area contributed by atoms with E-state index in [1.807, 2.05) is 0 Å². The van der Waals surface area contributed by atoms with Gasteiger partial charge in [0.05, 0.1) is 6.54 Å². The molecular formula is C22H41NO. The first kappa shape index (κ1) is 19.9. The lowest BCUT2D eigenvalue weighted by atomic mass is 9.77. The summed E-state index contributed by atoms with van der Waals surface area (Å²) in [6.45, 7) is 3.01. The standard InChI is InChI=1S/C22H41NO/c1-19-9-5-7-13-21-12-4-2-3-10-20(17-18-23-24)11-6-8-14-22(21)16-15-19/h19-22H,2-18H2,1H3. The fourth-order valence-corrected chi connectivity index (χ4v) is 5.30. The minimum absolute atomic E-state index is 0.535. The Bertz CT molecular complexity index is 330. The van der Waals surface area contributed by atoms with Gasteiger partial charge in [-0.15, -0.1) is 0 Å². The van der Waals surface area contributed by atoms with Crippen LogP contribution in [0.2, 0.25) is 0 Å². The van der Waals surface area contributed by atoms with E-state index in [1.165, 1.54) is 96.3 Å². The molecule has 2 aliphatic rings. The van der Waals surface area contributed by atoms with E-state index in [4.69, 9.17) is 0 Å². The van der Waals surface area contributed by atoms with Gasteiger partial charge in [0.25, 0.3) is 0 Å². The van der Waals surface area contributed by atoms with E-state index < -0.39 is 0 Å². The highest BCUT2D eigenvalue weighted by Crippen LogP contribution is 2.36. The van der Waals surface area contributed by atoms with Crippen molar-refractivity contribution in [2.45, 2.75) is 110 Å². The summed E-state index contributed by atoms with van der Waals surface area (Å²) in [7, 11) is 0. The van der Waals surface area contributed by atoms with Gasteiger partial charge in [-0.2, -0.15) is 4.91 Å². The molecular weight excluding hydrogens is 294 g/mol. The van der Waals surface area contributed by atoms with Gasteiger partial charge in [-0.1, -0.05) is 102 Å². The SMILES string of the molecule is CC1CCCCC2CCCCCC(CCN=O)CCCCC2CC1. The number of nitrogens with zero attached hydrogens (tertiary/aromatic N) is 1. The van der Waals surface area contributed by atoms with E-state index in [0.717, 1.165) is 30.1 Å². The van der Waals surface area contributed by atoms with Gasteiger partial charge in [0.1, 0.15) is 0 Å². The van der Waals surface area contributed by atoms with E-state index in [0.29, 0.717) is 6.54 Å². The molecule has 0 aromatic heterocycles. The van der Waals surface area contributed by atoms with E-state index >= 15 is 0 Å². The van der Waals surface area contributed by atoms with Crippen LogP contribution in [-0.2, 0) is 0 Å². The third-order valence-electron chi connectivity index (χ3n) is 6.97. The van der Waals surface area contributed by atoms with Crippen molar-refractivity contribution in [3.8, 4) is 0 Å². The maximum absolute atomic E-state index is 10.4. The van der Waals surface area contributed by atoms with Crippen LogP contribution in [0.5, 0.6) is 0 Å². The van der Waals surface area contributed by atoms with Gasteiger partial charge in [-0.25, -0.2) is 0 Å². The fraction of sp³-hybridized carbons (Fsp3) is 1.00. The molecule has 2 nitrogen and oxygen atoms in total. The minimum atomic E-state index is 0.535. The first-order chi connectivity index (χ1) is 11.8. The van der Waals surface area contributed by atoms with Crippen molar-refractivity contribution in [3.63, 3.8) is 0 Å². The van der Waals surface area contributed by atoms with Gasteiger partial charge in [0.15, 0.2) is 0 Å². The molecule has 0 heterocycles. The lowest BCUT2D eigenvalue weighted by Crippen LogP contribution is -2.16. The largest absolute Gasteiger partial charge is 0.151 e. The Labute approximate surface area is 150 Å². The Morgan fingerprint density at radius 1 is 0.667 bits per heavy atom. The molecule has 0 radical (unpaired) electrons. The molecule has 2 rings (SSSR count). The third kappa shape index (κ3) is 7.66. The van der Waals surface area contributed by atoms with Crippen molar-refractivity contribution in [2.75, 3.05) is 6.54 Å². The van der Waals surface area contributed by atoms with Crippen molar-refractivity contribution in [2.24, 2.45) is 28.8 Å². The topological polar surface area (TPSA) is 29.4 Å². The van der Waals surface area contributed by atoms with Crippen LogP contribution < -0.4 is 0 Å². The van der Waals surface area contributed by atoms with Gasteiger partial charge < -0.3 is 0 Å². The molecule has 0 amide bonds. The van der Waals surface area contributed by atoms with Crippen molar-refractivity contribution < 1.29 is 0 Å². The Morgan fingerprint density at radius 3 is 1.92 bits per heavy atom. The summed E-state index contributed by atoms with van der Waals surface area (Å²) in [5, 5.41) is 3.10. The molecule has 0 aromatic carbocycles. The molecule has 4 atom stereocenters. The average Bonchev–Trinajstić information content (AvgIpc) is 2.66. The Kier molecular flexibility index (Phi) is 9.99. The average molecular weight is 336 g/mol. The first-order valence-corrected chi connectivity index (χ1v) is 11.1. The van der Waals surface area contributed by atoms with Gasteiger partial charge in [0, 0.05) is 0 Å². The predicted molar refractivity (Wildman–Crippen MR) is 104 cm³/mol. The monoisotopic (exact) mass is 335 g/mol. The number of fused-ring (bicyclic) bond motifs is 1. The van der Waals surface area contributed by atoms with Crippen molar-refractivity contribution in [1.29, 1.82) is 0 Å². The Balaban J connectivity index is 1.87. The smallest absolute Gasteiger partial charge is 0.0813 e. The number of hydrogen-bond acceptors (Lipinski definition) is 2. The molecule has 4 unspecified atom stereocenters. The van der Waals surface area contributed by atoms with Gasteiger partial charge >= 0.3 is 0 Å². The zero-order chi connectivity index (χ0) is 17.0. The highest BCUT2D eigenvalue weighted by atomic mass is 16.3. The van der Waals surface area contributed by atoms with Crippen molar-refractivity contribution in [1.82, 2.24) is 0 Å². The van der Waals surface area contributed by atoms with Crippen LogP contribution in [0.4, 0.5) is 0 Å². The van der Waals surface area contributed by atoms with E-state index in [9.17, 15) is 4.91 Å². The highest BCUT2D eigenvalue weighted by molar-refractivity contribution is 4.75. The summed E-state index contributed by atoms with van der Waals surface area (Å²) < 4.78 is 0. The molecule has 0 N–H and O–H groups in total. The van der Waals surface area contributed by atoms with E-state index in [1.54, 1.807) is 0 Å². The molecule has 2 fully saturated rings. The summed E-state index contributed by atoms with van der Waals surface area (Å²) >= 11 is 0. The van der Waals surface area contributed by atoms with Crippen LogP contribution in [-0.4, -0.2) is 6.54 Å². The van der Waals surface area contributed by atoms with E-state index in [-0.39, 0.29) is 0 Å². The third-order valence-corrected chi connectivity index (χ3v) is 6.97. The maximum atomic E-state index is 10.4. The number of rotatable bonds is 3. The summed E-state index contributed by atoms with van der Waals surface area (Å²) in [5.74, 6) is 3.73. The maximum Gasteiger partial charge on any atom is 0.0813 e. The normalized spacial score (nSPS) is 34.5. The van der Waals surface area contributed by atoms with Crippen molar-refractivity contribution in [3.05, 3.63) is 4.91 Å². The summed E-state index contributed by atoms with van der Waals surface area (Å²) in [5.41, 5.74) is 0. The molecule has 2 aliphatic carbocycles. The van der Waals surface area contributed by atoms with Gasteiger partial charge in [-0.05, 0) is 36.5 Å². The van der Waals surface area contributed by atoms with Crippen LogP contribution in [0.25, 0.3) is 0 Å². The minimum Gasteiger partial charge on any atom is -0.151 e. The lowest BCUT2D eigenvalue weighted by Gasteiger charge is -2.28. The van der Waals surface area contributed by atoms with Gasteiger partial charge in [-0.3, -0.25) is 0 Å². The lowest BCUT2D eigenvalue weighted by molar-refractivity contribution is 0.233. The van der Waals surface area contributed by atoms with Crippen LogP contribution in [0.15, 0.2) is 5.18 Å². The van der Waals surface area contributed by atoms with Crippen LogP contribution in [0.1, 0.15) is 110 Å². The Hall–Kier alpha value is -0.400. The molecule has 0 spiro atoms. The van der Waals surface area contributed by atoms with Gasteiger partial charge in [0.2, 0.25) is 0 Å². The summed E-state index contributed by atoms with van der Waals surface area (Å²) in [6, 6.07) is 0. The van der Waals surface area contributed by atoms with Crippen LogP contribution in [0, 0.1) is 28.6 Å². The molecule has 0 bridgehead atoms. The molecule has 2 heteroatoms. The molecule has 140 valence electrons. The zero-order valence-electron chi connectivity index (χ0n) is 16.2. The highest BCUT2D eigenvalue weighted by Gasteiger charge is 2.23. The van der Waals surface area contributed by atoms with E-state index in [2.05, 4.69) is 12.1 Å².